The van der Waals surface area contributed by atoms with Gasteiger partial charge in [-0.15, -0.1) is 0 Å². The molecule has 1 aliphatic carbocycles. The zero-order chi connectivity index (χ0) is 15.1. The average Bonchev–Trinajstić information content (AvgIpc) is 2.71. The van der Waals surface area contributed by atoms with Crippen molar-refractivity contribution in [1.82, 2.24) is 0 Å². The van der Waals surface area contributed by atoms with E-state index in [1.165, 1.54) is 11.1 Å². The van der Waals surface area contributed by atoms with Crippen molar-refractivity contribution in [3.63, 3.8) is 0 Å². The zero-order valence-electron chi connectivity index (χ0n) is 14.7. The van der Waals surface area contributed by atoms with Crippen molar-refractivity contribution in [2.24, 2.45) is 0 Å². The molecule has 0 spiro atoms. The largest absolute Gasteiger partial charge is 1.00 e. The molecule has 0 nitrogen and oxygen atoms in total. The molecular formula is C18H25Cl3SiTi. The maximum Gasteiger partial charge on any atom is -1.00 e. The van der Waals surface area contributed by atoms with E-state index in [1.54, 1.807) is 14.6 Å². The minimum atomic E-state index is -1.22. The molecule has 0 fully saturated rings. The van der Waals surface area contributed by atoms with E-state index in [2.05, 4.69) is 91.2 Å². The molecule has 23 heavy (non-hydrogen) atoms. The summed E-state index contributed by atoms with van der Waals surface area (Å²) in [6.07, 6.45) is 3.63. The van der Waals surface area contributed by atoms with Crippen LogP contribution in [-0.2, 0) is 25.9 Å². The molecule has 126 valence electrons. The third kappa shape index (κ3) is 5.24. The first kappa shape index (κ1) is 25.7. The fourth-order valence-electron chi connectivity index (χ4n) is 3.26. The second-order valence-corrected chi connectivity index (χ2v) is 13.2. The number of benzene rings is 1. The first-order valence-corrected chi connectivity index (χ1v) is 11.7. The van der Waals surface area contributed by atoms with Crippen molar-refractivity contribution in [2.45, 2.75) is 52.2 Å². The first-order chi connectivity index (χ1) is 9.15. The van der Waals surface area contributed by atoms with Crippen molar-refractivity contribution in [3.05, 3.63) is 56.1 Å². The van der Waals surface area contributed by atoms with Gasteiger partial charge in [-0.05, 0) is 0 Å². The summed E-state index contributed by atoms with van der Waals surface area (Å²) in [6.45, 7) is 14.4. The van der Waals surface area contributed by atoms with Gasteiger partial charge in [-0.1, -0.05) is 0 Å². The molecule has 0 aromatic heterocycles. The number of aryl methyl sites for hydroxylation is 1. The van der Waals surface area contributed by atoms with Crippen molar-refractivity contribution in [2.75, 3.05) is 0 Å². The van der Waals surface area contributed by atoms with Gasteiger partial charge in [0.25, 0.3) is 0 Å². The standard InChI is InChI=1S/C18H25Si.3ClH.Ti/c1-14-9-7-8-10-17(14)18(2,3)15-11-12-16(13-15)19(4,5)6;;;;/h7-10,12H,11H2,1-6H3;3*1H;/q;;;;+3/p-3. The van der Waals surface area contributed by atoms with Gasteiger partial charge in [0.1, 0.15) is 0 Å². The molecular weight excluding hydrogens is 399 g/mol. The molecule has 0 N–H and O–H groups in total. The number of halogens is 3. The smallest absolute Gasteiger partial charge is 1.00 e. The summed E-state index contributed by atoms with van der Waals surface area (Å²) in [5.74, 6) is 0. The number of allylic oxidation sites excluding steroid dienone is 4. The van der Waals surface area contributed by atoms with Crippen LogP contribution in [0.5, 0.6) is 0 Å². The molecule has 0 aliphatic heterocycles. The molecule has 1 aromatic rings. The Morgan fingerprint density at radius 3 is 1.96 bits per heavy atom. The zero-order valence-corrected chi connectivity index (χ0v) is 19.6. The Morgan fingerprint density at radius 2 is 1.52 bits per heavy atom. The van der Waals surface area contributed by atoms with Crippen LogP contribution in [0.2, 0.25) is 19.6 Å². The maximum absolute atomic E-state index is 2.50. The van der Waals surface area contributed by atoms with E-state index in [1.807, 2.05) is 0 Å². The second-order valence-electron chi connectivity index (χ2n) is 7.37. The molecule has 0 bridgehead atoms. The number of hydrogen-bond donors (Lipinski definition) is 0. The molecule has 1 aliphatic rings. The minimum Gasteiger partial charge on any atom is -1.00 e. The van der Waals surface area contributed by atoms with Gasteiger partial charge in [-0.3, -0.25) is 0 Å². The van der Waals surface area contributed by atoms with E-state index >= 15 is 0 Å². The molecule has 0 amide bonds. The van der Waals surface area contributed by atoms with Gasteiger partial charge in [0.05, 0.1) is 0 Å². The number of rotatable bonds is 3. The van der Waals surface area contributed by atoms with Gasteiger partial charge in [0, 0.05) is 0 Å². The minimum absolute atomic E-state index is 0. The summed E-state index contributed by atoms with van der Waals surface area (Å²) in [5, 5.41) is 1.66. The van der Waals surface area contributed by atoms with Crippen LogP contribution in [-0.4, -0.2) is 8.07 Å². The van der Waals surface area contributed by atoms with Gasteiger partial charge in [-0.2, -0.15) is 0 Å². The SMILES string of the molecule is Cc1ccccc1C(C)(C)C1=[C]([Ti+3])C([Si](C)(C)C)=CC1.[Cl-].[Cl-].[Cl-]. The van der Waals surface area contributed by atoms with Gasteiger partial charge >= 0.3 is 137 Å². The van der Waals surface area contributed by atoms with E-state index in [4.69, 9.17) is 0 Å². The van der Waals surface area contributed by atoms with E-state index in [-0.39, 0.29) is 42.6 Å². The molecule has 0 atom stereocenters. The summed E-state index contributed by atoms with van der Waals surface area (Å²) < 4.78 is 1.57. The van der Waals surface area contributed by atoms with Crippen LogP contribution < -0.4 is 37.2 Å². The predicted octanol–water partition coefficient (Wildman–Crippen LogP) is -3.71. The van der Waals surface area contributed by atoms with E-state index in [0.717, 1.165) is 6.42 Å². The Hall–Kier alpha value is 0.501. The normalized spacial score (nSPS) is 14.5. The Labute approximate surface area is 173 Å². The van der Waals surface area contributed by atoms with Crippen molar-refractivity contribution >= 4 is 8.07 Å². The third-order valence-corrected chi connectivity index (χ3v) is 7.81. The Morgan fingerprint density at radius 1 is 1.00 bits per heavy atom. The second kappa shape index (κ2) is 9.27. The van der Waals surface area contributed by atoms with Crippen LogP contribution >= 0.6 is 0 Å². The topological polar surface area (TPSA) is 0 Å². The Kier molecular flexibility index (Phi) is 10.4. The van der Waals surface area contributed by atoms with Crippen LogP contribution in [0.15, 0.2) is 45.0 Å². The summed E-state index contributed by atoms with van der Waals surface area (Å²) in [7, 11) is -1.22. The van der Waals surface area contributed by atoms with E-state index < -0.39 is 8.07 Å². The molecule has 2 rings (SSSR count). The van der Waals surface area contributed by atoms with Crippen molar-refractivity contribution in [3.8, 4) is 0 Å². The predicted molar refractivity (Wildman–Crippen MR) is 87.3 cm³/mol. The quantitative estimate of drug-likeness (QED) is 0.439. The molecule has 5 heteroatoms. The fraction of sp³-hybridized carbons (Fsp3) is 0.444. The van der Waals surface area contributed by atoms with Gasteiger partial charge in [-0.25, -0.2) is 0 Å². The monoisotopic (exact) mass is 422 g/mol. The number of hydrogen-bond acceptors (Lipinski definition) is 0. The molecule has 0 saturated heterocycles. The molecule has 0 radical (unpaired) electrons. The molecule has 1 aromatic carbocycles. The van der Waals surface area contributed by atoms with Gasteiger partial charge in [0.15, 0.2) is 0 Å². The summed E-state index contributed by atoms with van der Waals surface area (Å²) in [4.78, 5) is 0. The van der Waals surface area contributed by atoms with Gasteiger partial charge in [0.2, 0.25) is 0 Å². The van der Waals surface area contributed by atoms with E-state index in [9.17, 15) is 0 Å². The summed E-state index contributed by atoms with van der Waals surface area (Å²) >= 11 is 2.34. The first-order valence-electron chi connectivity index (χ1n) is 7.38. The van der Waals surface area contributed by atoms with Crippen LogP contribution in [0, 0.1) is 6.92 Å². The maximum atomic E-state index is 2.50. The molecule has 0 unspecified atom stereocenters. The fourth-order valence-corrected chi connectivity index (χ4v) is 7.44. The molecule has 0 saturated carbocycles. The third-order valence-electron chi connectivity index (χ3n) is 4.46. The summed E-state index contributed by atoms with van der Waals surface area (Å²) in [5.41, 5.74) is 4.62. The van der Waals surface area contributed by atoms with Crippen molar-refractivity contribution in [1.29, 1.82) is 0 Å². The average molecular weight is 424 g/mol. The summed E-state index contributed by atoms with van der Waals surface area (Å²) in [6, 6.07) is 8.83. The van der Waals surface area contributed by atoms with Crippen LogP contribution in [0.3, 0.4) is 0 Å². The van der Waals surface area contributed by atoms with E-state index in [0.29, 0.717) is 0 Å². The van der Waals surface area contributed by atoms with Crippen LogP contribution in [0.4, 0.5) is 0 Å². The van der Waals surface area contributed by atoms with Gasteiger partial charge < -0.3 is 37.2 Å². The van der Waals surface area contributed by atoms with Crippen molar-refractivity contribution < 1.29 is 57.7 Å². The Bertz CT molecular complexity index is 599. The Balaban J connectivity index is 0. The van der Waals surface area contributed by atoms with Crippen LogP contribution in [0.25, 0.3) is 0 Å². The van der Waals surface area contributed by atoms with Crippen LogP contribution in [0.1, 0.15) is 31.4 Å². The molecule has 0 heterocycles.